The molecule has 0 aromatic heterocycles. The van der Waals surface area contributed by atoms with Crippen molar-refractivity contribution in [2.75, 3.05) is 79.4 Å². The van der Waals surface area contributed by atoms with Gasteiger partial charge in [0.2, 0.25) is 5.91 Å². The fraction of sp³-hybridized carbons (Fsp3) is 0.700. The van der Waals surface area contributed by atoms with E-state index in [1.54, 1.807) is 14.2 Å². The van der Waals surface area contributed by atoms with Crippen LogP contribution in [0.1, 0.15) is 37.7 Å². The number of amides is 2. The van der Waals surface area contributed by atoms with Crippen molar-refractivity contribution in [2.24, 2.45) is 5.92 Å². The number of thioether (sulfide) groups is 1. The minimum Gasteiger partial charge on any atom is -0.493 e. The molecule has 2 aliphatic rings. The molecule has 3 rings (SSSR count). The number of carbonyl (C=O) groups excluding carboxylic acids is 3. The molecular weight excluding hydrogens is 580 g/mol. The highest BCUT2D eigenvalue weighted by atomic mass is 32.2. The molecule has 242 valence electrons. The number of methoxy groups -OCH3 is 2. The van der Waals surface area contributed by atoms with Crippen LogP contribution in [0.15, 0.2) is 18.2 Å². The Morgan fingerprint density at radius 3 is 2.28 bits per heavy atom. The fourth-order valence-electron chi connectivity index (χ4n) is 4.97. The molecule has 12 nitrogen and oxygen atoms in total. The molecule has 0 spiro atoms. The summed E-state index contributed by atoms with van der Waals surface area (Å²) in [6.07, 6.45) is 3.98. The number of carbonyl (C=O) groups is 3. The Kier molecular flexibility index (Phi) is 16.4. The van der Waals surface area contributed by atoms with Crippen molar-refractivity contribution in [3.8, 4) is 11.5 Å². The average Bonchev–Trinajstić information content (AvgIpc) is 3.56. The lowest BCUT2D eigenvalue weighted by Crippen LogP contribution is -2.29. The molecule has 2 saturated heterocycles. The lowest BCUT2D eigenvalue weighted by molar-refractivity contribution is -0.145. The predicted octanol–water partition coefficient (Wildman–Crippen LogP) is 2.75. The zero-order chi connectivity index (χ0) is 30.7. The molecule has 2 N–H and O–H groups in total. The maximum atomic E-state index is 11.9. The largest absolute Gasteiger partial charge is 0.493 e. The van der Waals surface area contributed by atoms with Crippen LogP contribution in [0.25, 0.3) is 0 Å². The van der Waals surface area contributed by atoms with E-state index in [-0.39, 0.29) is 31.7 Å². The first kappa shape index (κ1) is 34.7. The Bertz CT molecular complexity index is 998. The van der Waals surface area contributed by atoms with E-state index in [0.29, 0.717) is 87.6 Å². The zero-order valence-corrected chi connectivity index (χ0v) is 26.1. The lowest BCUT2D eigenvalue weighted by atomic mass is 9.94. The van der Waals surface area contributed by atoms with E-state index < -0.39 is 6.09 Å². The highest BCUT2D eigenvalue weighted by Gasteiger charge is 2.42. The second kappa shape index (κ2) is 20.3. The molecule has 0 radical (unpaired) electrons. The van der Waals surface area contributed by atoms with Gasteiger partial charge < -0.3 is 43.8 Å². The highest BCUT2D eigenvalue weighted by Crippen LogP contribution is 2.40. The first-order valence-electron chi connectivity index (χ1n) is 14.9. The number of benzene rings is 1. The van der Waals surface area contributed by atoms with Crippen LogP contribution < -0.4 is 20.1 Å². The summed E-state index contributed by atoms with van der Waals surface area (Å²) in [7, 11) is 3.17. The van der Waals surface area contributed by atoms with Crippen LogP contribution in [0.5, 0.6) is 11.5 Å². The molecule has 1 aromatic rings. The van der Waals surface area contributed by atoms with Gasteiger partial charge in [0, 0.05) is 42.3 Å². The van der Waals surface area contributed by atoms with Crippen molar-refractivity contribution in [1.29, 1.82) is 0 Å². The van der Waals surface area contributed by atoms with Gasteiger partial charge in [0.15, 0.2) is 11.5 Å². The standard InChI is InChI=1S/C30H46N2O10S/c1-36-25-8-7-22(19-26(25)37-2)9-10-31-30(35)42-18-16-40-14-12-38-11-13-39-15-17-41-29(34)6-4-3-5-27-23-20-28(33)32-24(23)21-43-27/h7-8,19,23-24,27H,3-6,9-18,20-21H2,1-2H3,(H,31,35)(H,32,33)/t23-,24-,27-/m1/s1. The van der Waals surface area contributed by atoms with Gasteiger partial charge in [-0.1, -0.05) is 12.5 Å². The first-order valence-corrected chi connectivity index (χ1v) is 16.0. The van der Waals surface area contributed by atoms with Gasteiger partial charge in [-0.2, -0.15) is 11.8 Å². The van der Waals surface area contributed by atoms with Gasteiger partial charge in [0.1, 0.15) is 13.2 Å². The number of fused-ring (bicyclic) bond motifs is 1. The number of ether oxygens (including phenoxy) is 7. The van der Waals surface area contributed by atoms with E-state index in [1.165, 1.54) is 0 Å². The highest BCUT2D eigenvalue weighted by molar-refractivity contribution is 8.00. The Morgan fingerprint density at radius 2 is 1.58 bits per heavy atom. The van der Waals surface area contributed by atoms with Crippen molar-refractivity contribution in [2.45, 2.75) is 49.8 Å². The van der Waals surface area contributed by atoms with Gasteiger partial charge in [0.25, 0.3) is 0 Å². The quantitative estimate of drug-likeness (QED) is 0.145. The van der Waals surface area contributed by atoms with Gasteiger partial charge in [-0.15, -0.1) is 0 Å². The van der Waals surface area contributed by atoms with Crippen molar-refractivity contribution in [3.63, 3.8) is 0 Å². The van der Waals surface area contributed by atoms with Crippen LogP contribution in [0.2, 0.25) is 0 Å². The molecule has 2 heterocycles. The van der Waals surface area contributed by atoms with Crippen LogP contribution >= 0.6 is 11.8 Å². The Morgan fingerprint density at radius 1 is 0.907 bits per heavy atom. The van der Waals surface area contributed by atoms with Crippen LogP contribution in [0.3, 0.4) is 0 Å². The van der Waals surface area contributed by atoms with Crippen LogP contribution in [0.4, 0.5) is 4.79 Å². The van der Waals surface area contributed by atoms with Gasteiger partial charge in [-0.05, 0) is 37.0 Å². The van der Waals surface area contributed by atoms with Gasteiger partial charge in [-0.25, -0.2) is 4.79 Å². The van der Waals surface area contributed by atoms with Gasteiger partial charge >= 0.3 is 12.1 Å². The second-order valence-electron chi connectivity index (χ2n) is 10.2. The Hall–Kier alpha value is -2.74. The number of esters is 1. The number of unbranched alkanes of at least 4 members (excludes halogenated alkanes) is 1. The summed E-state index contributed by atoms with van der Waals surface area (Å²) in [5.41, 5.74) is 1.01. The number of alkyl carbamates (subject to hydrolysis) is 1. The summed E-state index contributed by atoms with van der Waals surface area (Å²) in [5, 5.41) is 6.27. The van der Waals surface area contributed by atoms with Crippen molar-refractivity contribution in [3.05, 3.63) is 23.8 Å². The summed E-state index contributed by atoms with van der Waals surface area (Å²) in [5.74, 6) is 2.73. The molecule has 13 heteroatoms. The Balaban J connectivity index is 1.03. The fourth-order valence-corrected chi connectivity index (χ4v) is 6.62. The molecule has 0 saturated carbocycles. The molecule has 1 aromatic carbocycles. The Labute approximate surface area is 258 Å². The average molecular weight is 627 g/mol. The third kappa shape index (κ3) is 13.2. The number of nitrogens with one attached hydrogen (secondary N) is 2. The maximum Gasteiger partial charge on any atom is 0.407 e. The topological polar surface area (TPSA) is 140 Å². The van der Waals surface area contributed by atoms with Crippen LogP contribution in [-0.2, 0) is 39.7 Å². The third-order valence-electron chi connectivity index (χ3n) is 7.20. The molecule has 0 aliphatic carbocycles. The molecule has 3 atom stereocenters. The van der Waals surface area contributed by atoms with E-state index in [9.17, 15) is 14.4 Å². The second-order valence-corrected chi connectivity index (χ2v) is 11.5. The smallest absolute Gasteiger partial charge is 0.407 e. The number of rotatable bonds is 22. The van der Waals surface area contributed by atoms with E-state index >= 15 is 0 Å². The minimum atomic E-state index is -0.499. The van der Waals surface area contributed by atoms with Crippen molar-refractivity contribution >= 4 is 29.7 Å². The summed E-state index contributed by atoms with van der Waals surface area (Å²) in [4.78, 5) is 35.3. The van der Waals surface area contributed by atoms with E-state index in [4.69, 9.17) is 33.2 Å². The monoisotopic (exact) mass is 626 g/mol. The summed E-state index contributed by atoms with van der Waals surface area (Å²) >= 11 is 1.94. The molecule has 0 bridgehead atoms. The number of hydrogen-bond donors (Lipinski definition) is 2. The molecule has 2 fully saturated rings. The number of hydrogen-bond acceptors (Lipinski definition) is 11. The van der Waals surface area contributed by atoms with Crippen LogP contribution in [-0.4, -0.2) is 109 Å². The van der Waals surface area contributed by atoms with Crippen molar-refractivity contribution < 1.29 is 47.5 Å². The molecule has 0 unspecified atom stereocenters. The lowest BCUT2D eigenvalue weighted by Gasteiger charge is -2.15. The molecule has 2 amide bonds. The third-order valence-corrected chi connectivity index (χ3v) is 8.76. The normalized spacial score (nSPS) is 19.0. The molecular formula is C30H46N2O10S. The maximum absolute atomic E-state index is 11.9. The van der Waals surface area contributed by atoms with Gasteiger partial charge in [-0.3, -0.25) is 9.59 Å². The van der Waals surface area contributed by atoms with E-state index in [0.717, 1.165) is 30.6 Å². The van der Waals surface area contributed by atoms with E-state index in [1.807, 2.05) is 30.0 Å². The minimum absolute atomic E-state index is 0.143. The van der Waals surface area contributed by atoms with Crippen LogP contribution in [0, 0.1) is 5.92 Å². The summed E-state index contributed by atoms with van der Waals surface area (Å²) < 4.78 is 37.1. The van der Waals surface area contributed by atoms with Crippen molar-refractivity contribution in [1.82, 2.24) is 10.6 Å². The molecule has 2 aliphatic heterocycles. The molecule has 43 heavy (non-hydrogen) atoms. The van der Waals surface area contributed by atoms with E-state index in [2.05, 4.69) is 10.6 Å². The summed E-state index contributed by atoms with van der Waals surface area (Å²) in [6.45, 7) is 2.95. The van der Waals surface area contributed by atoms with Gasteiger partial charge in [0.05, 0.1) is 53.9 Å². The predicted molar refractivity (Wildman–Crippen MR) is 161 cm³/mol. The zero-order valence-electron chi connectivity index (χ0n) is 25.3. The SMILES string of the molecule is COc1ccc(CCNC(=O)OCCOCCOCCOCCOC(=O)CCCC[C@H]2SC[C@H]3NC(=O)C[C@H]32)cc1OC. The first-order chi connectivity index (χ1) is 21.0. The summed E-state index contributed by atoms with van der Waals surface area (Å²) in [6, 6.07) is 5.96.